The van der Waals surface area contributed by atoms with Gasteiger partial charge in [0.2, 0.25) is 5.91 Å². The van der Waals surface area contributed by atoms with Crippen molar-refractivity contribution in [3.8, 4) is 11.1 Å². The molecule has 4 fully saturated rings. The van der Waals surface area contributed by atoms with Crippen LogP contribution in [0.4, 0.5) is 5.69 Å². The zero-order valence-corrected chi connectivity index (χ0v) is 32.8. The lowest BCUT2D eigenvalue weighted by Crippen LogP contribution is -2.62. The van der Waals surface area contributed by atoms with Crippen LogP contribution in [-0.2, 0) is 22.7 Å². The number of rotatable bonds is 13. The molecule has 11 heteroatoms. The Labute approximate surface area is 319 Å². The van der Waals surface area contributed by atoms with E-state index in [1.54, 1.807) is 37.2 Å². The summed E-state index contributed by atoms with van der Waals surface area (Å²) in [7, 11) is 5.51. The van der Waals surface area contributed by atoms with E-state index in [2.05, 4.69) is 42.8 Å². The monoisotopic (exact) mass is 739 g/mol. The van der Waals surface area contributed by atoms with Crippen molar-refractivity contribution in [1.29, 1.82) is 0 Å². The zero-order chi connectivity index (χ0) is 39.1. The zero-order valence-electron chi connectivity index (χ0n) is 32.8. The number of carbonyl (C=O) groups excluding carboxylic acids is 2. The van der Waals surface area contributed by atoms with Crippen molar-refractivity contribution in [3.63, 3.8) is 0 Å². The molecule has 4 aliphatic rings. The number of nitrogens with zero attached hydrogens (tertiary/aromatic N) is 2. The fourth-order valence-corrected chi connectivity index (χ4v) is 9.31. The molecule has 11 nitrogen and oxygen atoms in total. The molecular weight excluding hydrogens is 683 g/mol. The van der Waals surface area contributed by atoms with Crippen LogP contribution in [0.25, 0.3) is 11.1 Å². The van der Waals surface area contributed by atoms with E-state index in [9.17, 15) is 24.6 Å². The molecule has 2 bridgehead atoms. The minimum absolute atomic E-state index is 0.0491. The van der Waals surface area contributed by atoms with Gasteiger partial charge in [0.25, 0.3) is 5.91 Å². The second kappa shape index (κ2) is 15.8. The number of fused-ring (bicyclic) bond motifs is 2. The average Bonchev–Trinajstić information content (AvgIpc) is 3.50. The van der Waals surface area contributed by atoms with Gasteiger partial charge in [-0.3, -0.25) is 14.4 Å². The summed E-state index contributed by atoms with van der Waals surface area (Å²) in [5, 5.41) is 32.1. The highest BCUT2D eigenvalue weighted by Crippen LogP contribution is 2.61. The third kappa shape index (κ3) is 7.77. The van der Waals surface area contributed by atoms with Crippen molar-refractivity contribution in [3.05, 3.63) is 88.5 Å². The van der Waals surface area contributed by atoms with Crippen LogP contribution in [0.1, 0.15) is 77.9 Å². The first-order chi connectivity index (χ1) is 25.6. The molecule has 0 radical (unpaired) electrons. The van der Waals surface area contributed by atoms with Crippen molar-refractivity contribution in [2.24, 2.45) is 29.1 Å². The number of anilines is 1. The van der Waals surface area contributed by atoms with Gasteiger partial charge < -0.3 is 31.1 Å². The standard InChI is InChI=1S/C43H57N5O6/c1-24-29(13-10-14-34(24)30-16-31(40(50)44-6)18-33(17-30)47(7)8)23-48-39(41(51)46-36-20-32-19-35(25(36)2)43(32,4)5)38(26(3)49)37(54-48)22-45-21-27-11-9-12-28(15-27)42(52)53/h9-18,25-26,32,35-39,45,49H,19-23H2,1-8H3,(H,44,50)(H,46,51)(H,52,53)/t25-,26-,32-,35+,36-,37-,38+,39-/m0/s1. The summed E-state index contributed by atoms with van der Waals surface area (Å²) in [6, 6.07) is 18.0. The molecule has 54 heavy (non-hydrogen) atoms. The summed E-state index contributed by atoms with van der Waals surface area (Å²) >= 11 is 0. The van der Waals surface area contributed by atoms with E-state index in [0.717, 1.165) is 39.9 Å². The van der Waals surface area contributed by atoms with Crippen molar-refractivity contribution >= 4 is 23.5 Å². The number of carbonyl (C=O) groups is 3. The Morgan fingerprint density at radius 3 is 2.43 bits per heavy atom. The smallest absolute Gasteiger partial charge is 0.335 e. The second-order valence-electron chi connectivity index (χ2n) is 16.5. The van der Waals surface area contributed by atoms with Gasteiger partial charge in [0.05, 0.1) is 24.3 Å². The minimum Gasteiger partial charge on any atom is -0.478 e. The van der Waals surface area contributed by atoms with Crippen molar-refractivity contribution in [1.82, 2.24) is 21.0 Å². The molecule has 290 valence electrons. The predicted octanol–water partition coefficient (Wildman–Crippen LogP) is 5.24. The molecule has 7 rings (SSSR count). The average molecular weight is 740 g/mol. The summed E-state index contributed by atoms with van der Waals surface area (Å²) in [6.45, 7) is 11.7. The molecule has 0 spiro atoms. The largest absolute Gasteiger partial charge is 0.478 e. The lowest BCUT2D eigenvalue weighted by Gasteiger charge is -2.62. The van der Waals surface area contributed by atoms with Crippen LogP contribution in [0.15, 0.2) is 60.7 Å². The highest BCUT2D eigenvalue weighted by molar-refractivity contribution is 5.97. The van der Waals surface area contributed by atoms with Crippen molar-refractivity contribution in [2.75, 3.05) is 32.6 Å². The summed E-state index contributed by atoms with van der Waals surface area (Å²) in [4.78, 5) is 47.5. The molecule has 0 unspecified atom stereocenters. The normalized spacial score (nSPS) is 26.4. The Balaban J connectivity index is 1.29. The molecule has 8 atom stereocenters. The van der Waals surface area contributed by atoms with E-state index in [1.807, 2.05) is 62.3 Å². The number of carboxylic acid groups (broad SMARTS) is 1. The van der Waals surface area contributed by atoms with Gasteiger partial charge in [0.15, 0.2) is 0 Å². The first-order valence-corrected chi connectivity index (χ1v) is 19.2. The molecule has 5 N–H and O–H groups in total. The number of amides is 2. The fraction of sp³-hybridized carbons (Fsp3) is 0.512. The highest BCUT2D eigenvalue weighted by atomic mass is 16.7. The van der Waals surface area contributed by atoms with Crippen molar-refractivity contribution in [2.45, 2.75) is 84.8 Å². The number of nitrogens with one attached hydrogen (secondary N) is 3. The van der Waals surface area contributed by atoms with E-state index in [-0.39, 0.29) is 28.8 Å². The van der Waals surface area contributed by atoms with Crippen molar-refractivity contribution < 1.29 is 29.4 Å². The number of carboxylic acids is 1. The molecule has 1 aliphatic heterocycles. The first kappa shape index (κ1) is 39.4. The maximum atomic E-state index is 14.5. The Morgan fingerprint density at radius 1 is 1.04 bits per heavy atom. The first-order valence-electron chi connectivity index (χ1n) is 19.2. The summed E-state index contributed by atoms with van der Waals surface area (Å²) < 4.78 is 0. The van der Waals surface area contributed by atoms with E-state index in [4.69, 9.17) is 4.84 Å². The molecule has 3 aromatic carbocycles. The van der Waals surface area contributed by atoms with E-state index < -0.39 is 30.1 Å². The molecule has 3 saturated carbocycles. The van der Waals surface area contributed by atoms with Gasteiger partial charge in [-0.2, -0.15) is 5.06 Å². The van der Waals surface area contributed by atoms with Gasteiger partial charge in [0, 0.05) is 57.4 Å². The molecule has 1 saturated heterocycles. The molecule has 1 heterocycles. The van der Waals surface area contributed by atoms with Crippen LogP contribution in [0.5, 0.6) is 0 Å². The van der Waals surface area contributed by atoms with Gasteiger partial charge in [-0.1, -0.05) is 51.1 Å². The predicted molar refractivity (Wildman–Crippen MR) is 210 cm³/mol. The molecule has 3 aliphatic carbocycles. The maximum Gasteiger partial charge on any atom is 0.335 e. The molecule has 0 aromatic heterocycles. The van der Waals surface area contributed by atoms with Crippen LogP contribution in [-0.4, -0.2) is 85.0 Å². The van der Waals surface area contributed by atoms with Gasteiger partial charge in [0.1, 0.15) is 6.04 Å². The van der Waals surface area contributed by atoms with Crippen LogP contribution in [0.3, 0.4) is 0 Å². The number of benzene rings is 3. The number of aliphatic hydroxyl groups excluding tert-OH is 1. The SMILES string of the molecule is CNC(=O)c1cc(-c2cccc(CN3O[C@@H](CNCc4cccc(C(=O)O)c4)[C@@H]([C@H](C)O)[C@H]3C(=O)N[C@H]3C[C@@H]4C[C@H]([C@@H]3C)C4(C)C)c2C)cc(N(C)C)c1. The topological polar surface area (TPSA) is 143 Å². The number of hydrogen-bond acceptors (Lipinski definition) is 8. The minimum atomic E-state index is -0.987. The van der Waals surface area contributed by atoms with Crippen LogP contribution < -0.4 is 20.9 Å². The summed E-state index contributed by atoms with van der Waals surface area (Å²) in [5.41, 5.74) is 6.59. The highest BCUT2D eigenvalue weighted by Gasteiger charge is 2.57. The third-order valence-electron chi connectivity index (χ3n) is 12.7. The Kier molecular flexibility index (Phi) is 11.5. The Hall–Kier alpha value is -4.29. The van der Waals surface area contributed by atoms with Gasteiger partial charge in [-0.25, -0.2) is 4.79 Å². The Morgan fingerprint density at radius 2 is 1.78 bits per heavy atom. The number of hydroxylamine groups is 2. The lowest BCUT2D eigenvalue weighted by atomic mass is 9.45. The Bertz CT molecular complexity index is 1880. The van der Waals surface area contributed by atoms with E-state index in [0.29, 0.717) is 43.0 Å². The van der Waals surface area contributed by atoms with Crippen LogP contribution in [0, 0.1) is 36.0 Å². The molecular formula is C43H57N5O6. The summed E-state index contributed by atoms with van der Waals surface area (Å²) in [6.07, 6.45) is 0.758. The van der Waals surface area contributed by atoms with Crippen LogP contribution in [0.2, 0.25) is 0 Å². The van der Waals surface area contributed by atoms with E-state index in [1.165, 1.54) is 6.42 Å². The van der Waals surface area contributed by atoms with Crippen LogP contribution >= 0.6 is 0 Å². The molecule has 3 aromatic rings. The maximum absolute atomic E-state index is 14.5. The quantitative estimate of drug-likeness (QED) is 0.159. The number of hydrogen-bond donors (Lipinski definition) is 5. The lowest BCUT2D eigenvalue weighted by molar-refractivity contribution is -0.176. The van der Waals surface area contributed by atoms with Gasteiger partial charge in [-0.05, 0) is 108 Å². The molecule has 2 amide bonds. The number of aliphatic hydroxyl groups is 1. The fourth-order valence-electron chi connectivity index (χ4n) is 9.31. The number of aromatic carboxylic acids is 1. The summed E-state index contributed by atoms with van der Waals surface area (Å²) in [5.74, 6) is -0.366. The van der Waals surface area contributed by atoms with Gasteiger partial charge in [-0.15, -0.1) is 0 Å². The van der Waals surface area contributed by atoms with E-state index >= 15 is 0 Å². The third-order valence-corrected chi connectivity index (χ3v) is 12.7. The second-order valence-corrected chi connectivity index (χ2v) is 16.5. The van der Waals surface area contributed by atoms with Gasteiger partial charge >= 0.3 is 5.97 Å².